The number of benzene rings is 2. The van der Waals surface area contributed by atoms with E-state index in [2.05, 4.69) is 5.32 Å². The van der Waals surface area contributed by atoms with Gasteiger partial charge < -0.3 is 5.32 Å². The molecule has 1 N–H and O–H groups in total. The molecule has 0 fully saturated rings. The van der Waals surface area contributed by atoms with Crippen molar-refractivity contribution in [2.45, 2.75) is 40.2 Å². The lowest BCUT2D eigenvalue weighted by molar-refractivity contribution is -0.116. The largest absolute Gasteiger partial charge is 0.324 e. The van der Waals surface area contributed by atoms with Crippen LogP contribution in [-0.4, -0.2) is 20.3 Å². The molecular weight excluding hydrogens is 407 g/mol. The number of carbonyl (C=O) groups is 1. The third-order valence-corrected chi connectivity index (χ3v) is 5.69. The maximum atomic E-state index is 13.8. The van der Waals surface area contributed by atoms with Crippen LogP contribution in [0.2, 0.25) is 0 Å². The number of anilines is 1. The van der Waals surface area contributed by atoms with E-state index in [0.717, 1.165) is 28.0 Å². The Morgan fingerprint density at radius 2 is 1.75 bits per heavy atom. The number of nitrogens with zero attached hydrogens (tertiary/aromatic N) is 3. The van der Waals surface area contributed by atoms with Gasteiger partial charge in [-0.3, -0.25) is 14.2 Å². The zero-order valence-electron chi connectivity index (χ0n) is 18.4. The lowest BCUT2D eigenvalue weighted by Crippen LogP contribution is -2.27. The highest BCUT2D eigenvalue weighted by molar-refractivity contribution is 5.91. The first kappa shape index (κ1) is 21.5. The predicted molar refractivity (Wildman–Crippen MR) is 124 cm³/mol. The third kappa shape index (κ3) is 3.82. The number of para-hydroxylation sites is 2. The molecule has 0 aliphatic heterocycles. The van der Waals surface area contributed by atoms with Crippen molar-refractivity contribution in [3.63, 3.8) is 0 Å². The number of hydrogen-bond donors (Lipinski definition) is 1. The van der Waals surface area contributed by atoms with E-state index in [1.165, 1.54) is 12.1 Å². The number of carbonyl (C=O) groups excluding carboxylic acids is 1. The van der Waals surface area contributed by atoms with Crippen LogP contribution >= 0.6 is 0 Å². The van der Waals surface area contributed by atoms with E-state index in [9.17, 15) is 14.0 Å². The molecule has 0 aliphatic carbocycles. The summed E-state index contributed by atoms with van der Waals surface area (Å²) >= 11 is 0. The molecule has 1 amide bonds. The summed E-state index contributed by atoms with van der Waals surface area (Å²) in [6, 6.07) is 15.7. The average molecular weight is 432 g/mol. The molecule has 4 aromatic rings. The Morgan fingerprint density at radius 3 is 2.44 bits per heavy atom. The fraction of sp³-hybridized carbons (Fsp3) is 0.240. The Balaban J connectivity index is 1.72. The molecule has 0 aliphatic rings. The van der Waals surface area contributed by atoms with Crippen LogP contribution in [0.15, 0.2) is 59.4 Å². The van der Waals surface area contributed by atoms with Crippen LogP contribution in [-0.2, 0) is 17.8 Å². The molecule has 164 valence electrons. The van der Waals surface area contributed by atoms with E-state index in [-0.39, 0.29) is 30.0 Å². The van der Waals surface area contributed by atoms with Gasteiger partial charge in [0.2, 0.25) is 5.91 Å². The van der Waals surface area contributed by atoms with Gasteiger partial charge in [0.05, 0.1) is 17.1 Å². The first-order chi connectivity index (χ1) is 15.4. The van der Waals surface area contributed by atoms with E-state index >= 15 is 0 Å². The van der Waals surface area contributed by atoms with Crippen molar-refractivity contribution in [2.24, 2.45) is 0 Å². The standard InChI is InChI=1S/C25H25FN4O2/c1-4-29-24-23(17(3)28-30(24)18-10-6-5-7-11-18)16(2)19(25(29)32)14-15-22(31)27-21-13-9-8-12-20(21)26/h5-13H,4,14-15H2,1-3H3,(H,27,31). The number of halogens is 1. The van der Waals surface area contributed by atoms with Gasteiger partial charge in [-0.1, -0.05) is 30.3 Å². The van der Waals surface area contributed by atoms with Gasteiger partial charge in [-0.2, -0.15) is 5.10 Å². The van der Waals surface area contributed by atoms with Gasteiger partial charge in [0.1, 0.15) is 11.5 Å². The second-order valence-electron chi connectivity index (χ2n) is 7.71. The Kier molecular flexibility index (Phi) is 5.90. The molecule has 0 radical (unpaired) electrons. The highest BCUT2D eigenvalue weighted by atomic mass is 19.1. The smallest absolute Gasteiger partial charge is 0.255 e. The summed E-state index contributed by atoms with van der Waals surface area (Å²) in [6.45, 7) is 6.22. The molecule has 2 heterocycles. The summed E-state index contributed by atoms with van der Waals surface area (Å²) in [4.78, 5) is 25.8. The summed E-state index contributed by atoms with van der Waals surface area (Å²) in [6.07, 6.45) is 0.336. The summed E-state index contributed by atoms with van der Waals surface area (Å²) < 4.78 is 17.3. The maximum Gasteiger partial charge on any atom is 0.255 e. The Morgan fingerprint density at radius 1 is 1.06 bits per heavy atom. The molecule has 7 heteroatoms. The van der Waals surface area contributed by atoms with E-state index < -0.39 is 5.82 Å². The van der Waals surface area contributed by atoms with Crippen LogP contribution in [0.25, 0.3) is 16.7 Å². The number of hydrogen-bond acceptors (Lipinski definition) is 3. The van der Waals surface area contributed by atoms with Crippen LogP contribution < -0.4 is 10.9 Å². The van der Waals surface area contributed by atoms with Gasteiger partial charge in [0.15, 0.2) is 0 Å². The molecule has 2 aromatic carbocycles. The van der Waals surface area contributed by atoms with Crippen molar-refractivity contribution in [2.75, 3.05) is 5.32 Å². The highest BCUT2D eigenvalue weighted by Crippen LogP contribution is 2.26. The second-order valence-corrected chi connectivity index (χ2v) is 7.71. The molecule has 0 atom stereocenters. The number of nitrogens with one attached hydrogen (secondary N) is 1. The van der Waals surface area contributed by atoms with E-state index in [1.54, 1.807) is 21.4 Å². The van der Waals surface area contributed by atoms with Gasteiger partial charge in [-0.25, -0.2) is 9.07 Å². The number of aromatic nitrogens is 3. The van der Waals surface area contributed by atoms with Crippen molar-refractivity contribution >= 4 is 22.6 Å². The summed E-state index contributed by atoms with van der Waals surface area (Å²) in [5, 5.41) is 8.21. The third-order valence-electron chi connectivity index (χ3n) is 5.69. The first-order valence-electron chi connectivity index (χ1n) is 10.6. The molecule has 0 bridgehead atoms. The molecule has 0 saturated heterocycles. The van der Waals surface area contributed by atoms with Crippen LogP contribution in [0.4, 0.5) is 10.1 Å². The Hall–Kier alpha value is -3.74. The van der Waals surface area contributed by atoms with Crippen molar-refractivity contribution in [3.05, 3.63) is 87.6 Å². The quantitative estimate of drug-likeness (QED) is 0.487. The molecular formula is C25H25FN4O2. The van der Waals surface area contributed by atoms with Crippen LogP contribution in [0.5, 0.6) is 0 Å². The summed E-state index contributed by atoms with van der Waals surface area (Å²) in [5.41, 5.74) is 3.86. The van der Waals surface area contributed by atoms with Gasteiger partial charge in [-0.05, 0) is 57.0 Å². The van der Waals surface area contributed by atoms with Crippen molar-refractivity contribution in [1.82, 2.24) is 14.3 Å². The Bertz CT molecular complexity index is 1360. The van der Waals surface area contributed by atoms with Crippen molar-refractivity contribution in [1.29, 1.82) is 0 Å². The van der Waals surface area contributed by atoms with Gasteiger partial charge in [-0.15, -0.1) is 0 Å². The zero-order chi connectivity index (χ0) is 22.8. The normalized spacial score (nSPS) is 11.1. The minimum atomic E-state index is -0.490. The minimum Gasteiger partial charge on any atom is -0.324 e. The molecule has 2 aromatic heterocycles. The first-order valence-corrected chi connectivity index (χ1v) is 10.6. The number of amides is 1. The second kappa shape index (κ2) is 8.78. The van der Waals surface area contributed by atoms with Crippen molar-refractivity contribution in [3.8, 4) is 5.69 Å². The fourth-order valence-corrected chi connectivity index (χ4v) is 4.12. The number of rotatable bonds is 6. The van der Waals surface area contributed by atoms with Crippen molar-refractivity contribution < 1.29 is 9.18 Å². The average Bonchev–Trinajstić information content (AvgIpc) is 3.13. The number of fused-ring (bicyclic) bond motifs is 1. The van der Waals surface area contributed by atoms with E-state index in [4.69, 9.17) is 5.10 Å². The molecule has 0 spiro atoms. The van der Waals surface area contributed by atoms with E-state index in [0.29, 0.717) is 12.1 Å². The SMILES string of the molecule is CCn1c(=O)c(CCC(=O)Nc2ccccc2F)c(C)c2c(C)nn(-c3ccccc3)c21. The lowest BCUT2D eigenvalue weighted by atomic mass is 10.0. The molecule has 0 saturated carbocycles. The molecule has 4 rings (SSSR count). The number of aryl methyl sites for hydroxylation is 3. The fourth-order valence-electron chi connectivity index (χ4n) is 4.12. The maximum absolute atomic E-state index is 13.8. The summed E-state index contributed by atoms with van der Waals surface area (Å²) in [7, 11) is 0. The Labute approximate surface area is 185 Å². The monoisotopic (exact) mass is 432 g/mol. The predicted octanol–water partition coefficient (Wildman–Crippen LogP) is 4.53. The topological polar surface area (TPSA) is 68.9 Å². The molecule has 32 heavy (non-hydrogen) atoms. The van der Waals surface area contributed by atoms with E-state index in [1.807, 2.05) is 51.1 Å². The number of pyridine rings is 1. The van der Waals surface area contributed by atoms with Gasteiger partial charge in [0, 0.05) is 23.9 Å². The van der Waals surface area contributed by atoms with Crippen LogP contribution in [0, 0.1) is 19.7 Å². The minimum absolute atomic E-state index is 0.0749. The highest BCUT2D eigenvalue weighted by Gasteiger charge is 2.21. The molecule has 0 unspecified atom stereocenters. The van der Waals surface area contributed by atoms with Crippen LogP contribution in [0.1, 0.15) is 30.2 Å². The molecule has 6 nitrogen and oxygen atoms in total. The van der Waals surface area contributed by atoms with Gasteiger partial charge in [0.25, 0.3) is 5.56 Å². The zero-order valence-corrected chi connectivity index (χ0v) is 18.4. The lowest BCUT2D eigenvalue weighted by Gasteiger charge is -2.14. The van der Waals surface area contributed by atoms with Crippen LogP contribution in [0.3, 0.4) is 0 Å². The van der Waals surface area contributed by atoms with Gasteiger partial charge >= 0.3 is 0 Å². The summed E-state index contributed by atoms with van der Waals surface area (Å²) in [5.74, 6) is -0.829.